The van der Waals surface area contributed by atoms with Crippen molar-refractivity contribution in [2.75, 3.05) is 5.75 Å². The number of hydrogen-bond acceptors (Lipinski definition) is 6. The van der Waals surface area contributed by atoms with E-state index in [4.69, 9.17) is 11.6 Å². The zero-order valence-electron chi connectivity index (χ0n) is 15.5. The Kier molecular flexibility index (Phi) is 6.53. The minimum Gasteiger partial charge on any atom is -0.363 e. The van der Waals surface area contributed by atoms with E-state index in [1.807, 2.05) is 6.07 Å². The first kappa shape index (κ1) is 22.7. The highest BCUT2D eigenvalue weighted by molar-refractivity contribution is 8.03. The van der Waals surface area contributed by atoms with Crippen LogP contribution < -0.4 is 5.32 Å². The highest BCUT2D eigenvalue weighted by Gasteiger charge is 2.66. The van der Waals surface area contributed by atoms with Gasteiger partial charge in [-0.3, -0.25) is 4.79 Å². The second-order valence-electron chi connectivity index (χ2n) is 6.50. The van der Waals surface area contributed by atoms with E-state index < -0.39 is 29.5 Å². The molecule has 1 aliphatic rings. The number of halogens is 4. The minimum atomic E-state index is -5.20. The van der Waals surface area contributed by atoms with Gasteiger partial charge in [-0.2, -0.15) is 18.4 Å². The predicted octanol–water partition coefficient (Wildman–Crippen LogP) is 5.33. The first-order chi connectivity index (χ1) is 14.2. The van der Waals surface area contributed by atoms with Gasteiger partial charge in [-0.15, -0.1) is 23.1 Å². The third kappa shape index (κ3) is 3.85. The summed E-state index contributed by atoms with van der Waals surface area (Å²) in [4.78, 5) is 13.3. The molecule has 3 rings (SSSR count). The number of carbonyl (C=O) groups excluding carboxylic acids is 1. The van der Waals surface area contributed by atoms with Crippen LogP contribution in [0.4, 0.5) is 13.2 Å². The maximum atomic E-state index is 14.2. The van der Waals surface area contributed by atoms with E-state index in [2.05, 4.69) is 5.32 Å². The Labute approximate surface area is 184 Å². The van der Waals surface area contributed by atoms with Crippen LogP contribution in [0.3, 0.4) is 0 Å². The summed E-state index contributed by atoms with van der Waals surface area (Å²) in [7, 11) is 0. The monoisotopic (exact) mass is 472 g/mol. The molecule has 0 spiro atoms. The number of thioether (sulfide) groups is 1. The molecular weight excluding hydrogens is 457 g/mol. The standard InChI is InChI=1S/C20H16ClF3N2O2S2/c1-2-29-18-12(10-25)15(11-6-3-4-7-13(11)21)16(17(27)14-8-5-9-30-14)19(28,26-18)20(22,23)24/h3-9,15-16,26,28H,2H2,1H3/t15-,16+,19+/m1/s1. The molecule has 2 heterocycles. The number of nitrogens with zero attached hydrogens (tertiary/aromatic N) is 1. The molecule has 2 aromatic rings. The lowest BCUT2D eigenvalue weighted by atomic mass is 9.70. The fourth-order valence-corrected chi connectivity index (χ4v) is 5.27. The fraction of sp³-hybridized carbons (Fsp3) is 0.300. The number of carbonyl (C=O) groups is 1. The van der Waals surface area contributed by atoms with E-state index in [-0.39, 0.29) is 26.1 Å². The average Bonchev–Trinajstić information content (AvgIpc) is 3.22. The number of aliphatic hydroxyl groups is 1. The van der Waals surface area contributed by atoms with Crippen LogP contribution in [0.5, 0.6) is 0 Å². The molecule has 0 radical (unpaired) electrons. The van der Waals surface area contributed by atoms with Crippen LogP contribution >= 0.6 is 34.7 Å². The predicted molar refractivity (Wildman–Crippen MR) is 111 cm³/mol. The normalized spacial score (nSPS) is 24.3. The van der Waals surface area contributed by atoms with Gasteiger partial charge in [-0.05, 0) is 28.8 Å². The van der Waals surface area contributed by atoms with E-state index in [9.17, 15) is 28.3 Å². The maximum absolute atomic E-state index is 14.2. The van der Waals surface area contributed by atoms with Gasteiger partial charge in [-0.25, -0.2) is 0 Å². The second-order valence-corrected chi connectivity index (χ2v) is 9.12. The quantitative estimate of drug-likeness (QED) is 0.576. The fourth-order valence-electron chi connectivity index (χ4n) is 3.47. The van der Waals surface area contributed by atoms with Gasteiger partial charge in [0.05, 0.1) is 27.5 Å². The molecule has 30 heavy (non-hydrogen) atoms. The SMILES string of the molecule is CCSC1=C(C#N)[C@@H](c2ccccc2Cl)[C@@H](C(=O)c2cccs2)[C@](O)(C(F)(F)F)N1. The average molecular weight is 473 g/mol. The number of nitriles is 1. The number of rotatable bonds is 5. The maximum Gasteiger partial charge on any atom is 0.437 e. The second kappa shape index (κ2) is 8.63. The van der Waals surface area contributed by atoms with E-state index in [0.29, 0.717) is 5.75 Å². The lowest BCUT2D eigenvalue weighted by molar-refractivity contribution is -0.285. The van der Waals surface area contributed by atoms with Crippen LogP contribution in [-0.2, 0) is 0 Å². The lowest BCUT2D eigenvalue weighted by Crippen LogP contribution is -2.66. The number of ketones is 1. The van der Waals surface area contributed by atoms with E-state index in [1.54, 1.807) is 24.4 Å². The van der Waals surface area contributed by atoms with Crippen molar-refractivity contribution in [1.82, 2.24) is 5.32 Å². The lowest BCUT2D eigenvalue weighted by Gasteiger charge is -2.45. The van der Waals surface area contributed by atoms with Crippen LogP contribution in [0.2, 0.25) is 5.02 Å². The Hall–Kier alpha value is -1.99. The van der Waals surface area contributed by atoms with Gasteiger partial charge in [0.15, 0.2) is 5.78 Å². The number of alkyl halides is 3. The van der Waals surface area contributed by atoms with Gasteiger partial charge in [0, 0.05) is 10.9 Å². The van der Waals surface area contributed by atoms with Crippen LogP contribution in [-0.4, -0.2) is 28.5 Å². The number of benzene rings is 1. The summed E-state index contributed by atoms with van der Waals surface area (Å²) in [6, 6.07) is 11.0. The van der Waals surface area contributed by atoms with Gasteiger partial charge in [0.25, 0.3) is 0 Å². The molecule has 0 saturated carbocycles. The third-order valence-corrected chi connectivity index (χ3v) is 6.90. The zero-order valence-corrected chi connectivity index (χ0v) is 17.9. The molecule has 10 heteroatoms. The van der Waals surface area contributed by atoms with Crippen molar-refractivity contribution in [1.29, 1.82) is 5.26 Å². The summed E-state index contributed by atoms with van der Waals surface area (Å²) in [6.07, 6.45) is -5.20. The Morgan fingerprint density at radius 3 is 2.60 bits per heavy atom. The van der Waals surface area contributed by atoms with E-state index in [1.165, 1.54) is 24.3 Å². The molecule has 4 nitrogen and oxygen atoms in total. The number of hydrogen-bond donors (Lipinski definition) is 2. The van der Waals surface area contributed by atoms with Crippen molar-refractivity contribution in [3.8, 4) is 6.07 Å². The summed E-state index contributed by atoms with van der Waals surface area (Å²) in [5.41, 5.74) is -3.49. The molecule has 0 saturated heterocycles. The highest BCUT2D eigenvalue weighted by atomic mass is 35.5. The molecule has 3 atom stereocenters. The zero-order chi connectivity index (χ0) is 22.1. The molecule has 1 aromatic carbocycles. The van der Waals surface area contributed by atoms with Gasteiger partial charge in [0.1, 0.15) is 0 Å². The largest absolute Gasteiger partial charge is 0.437 e. The molecule has 1 aliphatic heterocycles. The third-order valence-electron chi connectivity index (χ3n) is 4.77. The Morgan fingerprint density at radius 1 is 1.37 bits per heavy atom. The van der Waals surface area contributed by atoms with E-state index in [0.717, 1.165) is 23.1 Å². The minimum absolute atomic E-state index is 0.0467. The van der Waals surface area contributed by atoms with Crippen molar-refractivity contribution in [3.05, 3.63) is 67.8 Å². The topological polar surface area (TPSA) is 73.1 Å². The summed E-state index contributed by atoms with van der Waals surface area (Å²) in [6.45, 7) is 1.70. The van der Waals surface area contributed by atoms with Crippen molar-refractivity contribution < 1.29 is 23.1 Å². The Morgan fingerprint density at radius 2 is 2.07 bits per heavy atom. The Bertz CT molecular complexity index is 1020. The summed E-state index contributed by atoms with van der Waals surface area (Å²) in [5.74, 6) is -4.01. The number of Topliss-reactive ketones (excluding diaryl/α,β-unsaturated/α-hetero) is 1. The molecule has 0 amide bonds. The summed E-state index contributed by atoms with van der Waals surface area (Å²) in [5, 5.41) is 24.4. The van der Waals surface area contributed by atoms with Crippen molar-refractivity contribution in [2.45, 2.75) is 24.7 Å². The molecule has 0 fully saturated rings. The van der Waals surface area contributed by atoms with Crippen LogP contribution in [0, 0.1) is 17.2 Å². The first-order valence-corrected chi connectivity index (χ1v) is 11.1. The first-order valence-electron chi connectivity index (χ1n) is 8.82. The van der Waals surface area contributed by atoms with E-state index >= 15 is 0 Å². The summed E-state index contributed by atoms with van der Waals surface area (Å²) >= 11 is 8.19. The molecule has 2 N–H and O–H groups in total. The van der Waals surface area contributed by atoms with Gasteiger partial charge < -0.3 is 10.4 Å². The molecular formula is C20H16ClF3N2O2S2. The molecule has 0 bridgehead atoms. The Balaban J connectivity index is 2.35. The van der Waals surface area contributed by atoms with Gasteiger partial charge in [-0.1, -0.05) is 42.8 Å². The highest BCUT2D eigenvalue weighted by Crippen LogP contribution is 2.52. The van der Waals surface area contributed by atoms with Crippen molar-refractivity contribution >= 4 is 40.5 Å². The van der Waals surface area contributed by atoms with Gasteiger partial charge >= 0.3 is 6.18 Å². The smallest absolute Gasteiger partial charge is 0.363 e. The van der Waals surface area contributed by atoms with Crippen LogP contribution in [0.1, 0.15) is 28.1 Å². The summed E-state index contributed by atoms with van der Waals surface area (Å²) < 4.78 is 42.6. The van der Waals surface area contributed by atoms with Crippen LogP contribution in [0.15, 0.2) is 52.4 Å². The molecule has 158 valence electrons. The molecule has 0 unspecified atom stereocenters. The van der Waals surface area contributed by atoms with Gasteiger partial charge in [0.2, 0.25) is 5.72 Å². The number of allylic oxidation sites excluding steroid dienone is 1. The van der Waals surface area contributed by atoms with Crippen molar-refractivity contribution in [3.63, 3.8) is 0 Å². The number of thiophene rings is 1. The van der Waals surface area contributed by atoms with Crippen LogP contribution in [0.25, 0.3) is 0 Å². The number of nitrogens with one attached hydrogen (secondary N) is 1. The van der Waals surface area contributed by atoms with Crippen molar-refractivity contribution in [2.24, 2.45) is 5.92 Å². The molecule has 1 aromatic heterocycles. The molecule has 0 aliphatic carbocycles.